The van der Waals surface area contributed by atoms with Crippen LogP contribution in [-0.4, -0.2) is 21.5 Å². The van der Waals surface area contributed by atoms with Crippen molar-refractivity contribution < 1.29 is 4.74 Å². The number of aromatic nitrogens is 3. The van der Waals surface area contributed by atoms with E-state index in [2.05, 4.69) is 6.07 Å². The fourth-order valence-electron chi connectivity index (χ4n) is 3.64. The Kier molecular flexibility index (Phi) is 4.66. The van der Waals surface area contributed by atoms with Gasteiger partial charge >= 0.3 is 0 Å². The van der Waals surface area contributed by atoms with Crippen LogP contribution in [0.5, 0.6) is 5.75 Å². The monoisotopic (exact) mass is 402 g/mol. The van der Waals surface area contributed by atoms with Crippen LogP contribution in [0.25, 0.3) is 39.4 Å². The highest BCUT2D eigenvalue weighted by molar-refractivity contribution is 5.80. The van der Waals surface area contributed by atoms with E-state index in [1.165, 1.54) is 0 Å². The Morgan fingerprint density at radius 3 is 2.39 bits per heavy atom. The van der Waals surface area contributed by atoms with Gasteiger partial charge in [0, 0.05) is 22.9 Å². The van der Waals surface area contributed by atoms with E-state index < -0.39 is 0 Å². The summed E-state index contributed by atoms with van der Waals surface area (Å²) in [7, 11) is 1.65. The Bertz CT molecular complexity index is 1410. The number of hydrogen-bond acceptors (Lipinski definition) is 4. The summed E-state index contributed by atoms with van der Waals surface area (Å²) < 4.78 is 7.35. The molecular formula is C26H18N4O. The SMILES string of the molecule is COc1ccc(-c2nc(-c3ccccc3)cn3c(-c4cccc(C#N)c4)cnc23)cc1. The van der Waals surface area contributed by atoms with Crippen LogP contribution in [0, 0.1) is 11.3 Å². The van der Waals surface area contributed by atoms with Crippen molar-refractivity contribution in [2.75, 3.05) is 7.11 Å². The molecule has 0 saturated carbocycles. The maximum atomic E-state index is 9.31. The molecule has 5 nitrogen and oxygen atoms in total. The predicted octanol–water partition coefficient (Wildman–Crippen LogP) is 5.61. The first kappa shape index (κ1) is 18.6. The number of imidazole rings is 1. The molecule has 3 aromatic carbocycles. The first-order valence-electron chi connectivity index (χ1n) is 9.85. The normalized spacial score (nSPS) is 10.7. The minimum absolute atomic E-state index is 0.611. The molecule has 0 aliphatic rings. The Morgan fingerprint density at radius 2 is 1.65 bits per heavy atom. The van der Waals surface area contributed by atoms with Crippen LogP contribution in [-0.2, 0) is 0 Å². The highest BCUT2D eigenvalue weighted by Gasteiger charge is 2.15. The van der Waals surface area contributed by atoms with Crippen molar-refractivity contribution in [2.45, 2.75) is 0 Å². The van der Waals surface area contributed by atoms with Gasteiger partial charge in [-0.1, -0.05) is 42.5 Å². The highest BCUT2D eigenvalue weighted by Crippen LogP contribution is 2.31. The largest absolute Gasteiger partial charge is 0.497 e. The van der Waals surface area contributed by atoms with Crippen molar-refractivity contribution in [3.63, 3.8) is 0 Å². The van der Waals surface area contributed by atoms with Gasteiger partial charge in [0.05, 0.1) is 36.3 Å². The van der Waals surface area contributed by atoms with Crippen molar-refractivity contribution in [1.82, 2.24) is 14.4 Å². The number of methoxy groups -OCH3 is 1. The van der Waals surface area contributed by atoms with E-state index in [1.54, 1.807) is 13.2 Å². The quantitative estimate of drug-likeness (QED) is 0.392. The third-order valence-corrected chi connectivity index (χ3v) is 5.21. The molecule has 2 aromatic heterocycles. The van der Waals surface area contributed by atoms with Gasteiger partial charge in [0.25, 0.3) is 0 Å². The highest BCUT2D eigenvalue weighted by atomic mass is 16.5. The van der Waals surface area contributed by atoms with Gasteiger partial charge in [-0.05, 0) is 36.4 Å². The summed E-state index contributed by atoms with van der Waals surface area (Å²) in [6, 6.07) is 27.6. The van der Waals surface area contributed by atoms with E-state index in [-0.39, 0.29) is 0 Å². The van der Waals surface area contributed by atoms with Gasteiger partial charge in [-0.2, -0.15) is 5.26 Å². The predicted molar refractivity (Wildman–Crippen MR) is 121 cm³/mol. The zero-order valence-corrected chi connectivity index (χ0v) is 16.9. The van der Waals surface area contributed by atoms with Crippen LogP contribution in [0.15, 0.2) is 91.3 Å². The van der Waals surface area contributed by atoms with Gasteiger partial charge in [-0.25, -0.2) is 9.97 Å². The molecule has 0 aliphatic carbocycles. The smallest absolute Gasteiger partial charge is 0.164 e. The van der Waals surface area contributed by atoms with Crippen LogP contribution >= 0.6 is 0 Å². The molecule has 0 saturated heterocycles. The molecule has 0 atom stereocenters. The summed E-state index contributed by atoms with van der Waals surface area (Å²) in [6.45, 7) is 0. The molecule has 0 amide bonds. The second kappa shape index (κ2) is 7.77. The molecule has 148 valence electrons. The fourth-order valence-corrected chi connectivity index (χ4v) is 3.64. The third kappa shape index (κ3) is 3.41. The van der Waals surface area contributed by atoms with Gasteiger partial charge in [-0.3, -0.25) is 4.40 Å². The maximum Gasteiger partial charge on any atom is 0.164 e. The van der Waals surface area contributed by atoms with Crippen molar-refractivity contribution in [3.05, 3.63) is 96.8 Å². The van der Waals surface area contributed by atoms with Crippen LogP contribution < -0.4 is 4.74 Å². The van der Waals surface area contributed by atoms with Crippen molar-refractivity contribution in [3.8, 4) is 45.6 Å². The molecule has 5 aromatic rings. The number of nitrogens with zero attached hydrogens (tertiary/aromatic N) is 4. The second-order valence-electron chi connectivity index (χ2n) is 7.10. The molecule has 0 unspecified atom stereocenters. The van der Waals surface area contributed by atoms with Gasteiger partial charge in [-0.15, -0.1) is 0 Å². The lowest BCUT2D eigenvalue weighted by atomic mass is 10.1. The number of benzene rings is 3. The van der Waals surface area contributed by atoms with Gasteiger partial charge in [0.2, 0.25) is 0 Å². The van der Waals surface area contributed by atoms with Crippen molar-refractivity contribution >= 4 is 5.65 Å². The lowest BCUT2D eigenvalue weighted by molar-refractivity contribution is 0.415. The van der Waals surface area contributed by atoms with E-state index in [4.69, 9.17) is 14.7 Å². The van der Waals surface area contributed by atoms with Crippen LogP contribution in [0.1, 0.15) is 5.56 Å². The number of rotatable bonds is 4. The Labute approximate surface area is 179 Å². The first-order valence-corrected chi connectivity index (χ1v) is 9.85. The van der Waals surface area contributed by atoms with E-state index >= 15 is 0 Å². The van der Waals surface area contributed by atoms with Crippen LogP contribution in [0.3, 0.4) is 0 Å². The third-order valence-electron chi connectivity index (χ3n) is 5.21. The fraction of sp³-hybridized carbons (Fsp3) is 0.0385. The van der Waals surface area contributed by atoms with Crippen molar-refractivity contribution in [1.29, 1.82) is 5.26 Å². The van der Waals surface area contributed by atoms with E-state index in [0.29, 0.717) is 5.56 Å². The maximum absolute atomic E-state index is 9.31. The average molecular weight is 402 g/mol. The molecule has 0 N–H and O–H groups in total. The molecular weight excluding hydrogens is 384 g/mol. The van der Waals surface area contributed by atoms with Crippen LogP contribution in [0.4, 0.5) is 0 Å². The molecule has 0 bridgehead atoms. The second-order valence-corrected chi connectivity index (χ2v) is 7.10. The zero-order valence-electron chi connectivity index (χ0n) is 16.9. The Balaban J connectivity index is 1.77. The Hall–Kier alpha value is -4.43. The summed E-state index contributed by atoms with van der Waals surface area (Å²) in [5, 5.41) is 9.31. The molecule has 5 rings (SSSR count). The van der Waals surface area contributed by atoms with E-state index in [9.17, 15) is 5.26 Å². The number of nitriles is 1. The topological polar surface area (TPSA) is 63.2 Å². The Morgan fingerprint density at radius 1 is 0.871 bits per heavy atom. The van der Waals surface area contributed by atoms with Crippen molar-refractivity contribution in [2.24, 2.45) is 0 Å². The molecule has 0 aliphatic heterocycles. The standard InChI is InChI=1S/C26H18N4O/c1-31-22-12-10-20(11-13-22)25-26-28-16-24(21-9-5-6-18(14-21)15-27)30(26)17-23(29-25)19-7-3-2-4-8-19/h2-14,16-17H,1H3. The lowest BCUT2D eigenvalue weighted by Crippen LogP contribution is -1.98. The molecule has 0 spiro atoms. The van der Waals surface area contributed by atoms with Gasteiger partial charge < -0.3 is 4.74 Å². The minimum atomic E-state index is 0.611. The summed E-state index contributed by atoms with van der Waals surface area (Å²) in [4.78, 5) is 9.65. The van der Waals surface area contributed by atoms with Crippen LogP contribution in [0.2, 0.25) is 0 Å². The number of fused-ring (bicyclic) bond motifs is 1. The molecule has 31 heavy (non-hydrogen) atoms. The van der Waals surface area contributed by atoms with Gasteiger partial charge in [0.1, 0.15) is 11.4 Å². The summed E-state index contributed by atoms with van der Waals surface area (Å²) >= 11 is 0. The molecule has 5 heteroatoms. The summed E-state index contributed by atoms with van der Waals surface area (Å²) in [5.74, 6) is 0.788. The molecule has 0 fully saturated rings. The number of hydrogen-bond donors (Lipinski definition) is 0. The molecule has 0 radical (unpaired) electrons. The van der Waals surface area contributed by atoms with E-state index in [0.717, 1.165) is 45.2 Å². The first-order chi connectivity index (χ1) is 15.3. The minimum Gasteiger partial charge on any atom is -0.497 e. The van der Waals surface area contributed by atoms with Gasteiger partial charge in [0.15, 0.2) is 5.65 Å². The summed E-state index contributed by atoms with van der Waals surface area (Å²) in [6.07, 6.45) is 3.83. The average Bonchev–Trinajstić information content (AvgIpc) is 3.28. The summed E-state index contributed by atoms with van der Waals surface area (Å²) in [5.41, 5.74) is 6.79. The molecule has 2 heterocycles. The number of ether oxygens (including phenoxy) is 1. The van der Waals surface area contributed by atoms with E-state index in [1.807, 2.05) is 89.6 Å². The lowest BCUT2D eigenvalue weighted by Gasteiger charge is -2.10. The zero-order chi connectivity index (χ0) is 21.2.